The second kappa shape index (κ2) is 10.6. The van der Waals surface area contributed by atoms with E-state index in [0.717, 1.165) is 17.5 Å². The Labute approximate surface area is 184 Å². The van der Waals surface area contributed by atoms with E-state index in [2.05, 4.69) is 32.0 Å². The van der Waals surface area contributed by atoms with E-state index in [1.54, 1.807) is 18.2 Å². The first-order valence-corrected chi connectivity index (χ1v) is 10.6. The Morgan fingerprint density at radius 2 is 1.77 bits per heavy atom. The van der Waals surface area contributed by atoms with Crippen molar-refractivity contribution in [2.45, 2.75) is 33.4 Å². The van der Waals surface area contributed by atoms with E-state index in [-0.39, 0.29) is 5.91 Å². The second-order valence-electron chi connectivity index (χ2n) is 7.83. The first-order chi connectivity index (χ1) is 15.0. The maximum Gasteiger partial charge on any atom is 0.254 e. The predicted octanol–water partition coefficient (Wildman–Crippen LogP) is 4.46. The monoisotopic (exact) mass is 417 g/mol. The molecule has 3 rings (SSSR count). The first-order valence-electron chi connectivity index (χ1n) is 10.6. The number of anilines is 1. The topological polar surface area (TPSA) is 81.6 Å². The zero-order valence-electron chi connectivity index (χ0n) is 18.3. The highest BCUT2D eigenvalue weighted by atomic mass is 16.5. The minimum Gasteiger partial charge on any atom is -0.487 e. The molecule has 0 atom stereocenters. The molecule has 0 radical (unpaired) electrons. The fourth-order valence-electron chi connectivity index (χ4n) is 3.49. The lowest BCUT2D eigenvalue weighted by atomic mass is 10.0. The summed E-state index contributed by atoms with van der Waals surface area (Å²) in [5.41, 5.74) is 17.5. The van der Waals surface area contributed by atoms with Crippen LogP contribution in [0.15, 0.2) is 66.7 Å². The van der Waals surface area contributed by atoms with Crippen LogP contribution in [0.5, 0.6) is 5.75 Å². The van der Waals surface area contributed by atoms with Crippen molar-refractivity contribution in [3.05, 3.63) is 94.5 Å². The lowest BCUT2D eigenvalue weighted by molar-refractivity contribution is 0.0742. The van der Waals surface area contributed by atoms with Crippen LogP contribution in [0.3, 0.4) is 0 Å². The number of hydrogen-bond donors (Lipinski definition) is 2. The van der Waals surface area contributed by atoms with Crippen molar-refractivity contribution in [2.24, 2.45) is 5.73 Å². The number of nitrogen functional groups attached to an aromatic ring is 1. The summed E-state index contributed by atoms with van der Waals surface area (Å²) >= 11 is 0. The summed E-state index contributed by atoms with van der Waals surface area (Å²) in [5.74, 6) is 0.512. The summed E-state index contributed by atoms with van der Waals surface area (Å²) < 4.78 is 5.84. The highest BCUT2D eigenvalue weighted by molar-refractivity contribution is 5.95. The number of carbonyl (C=O) groups excluding carboxylic acids is 1. The van der Waals surface area contributed by atoms with E-state index in [1.807, 2.05) is 35.2 Å². The van der Waals surface area contributed by atoms with Gasteiger partial charge in [0.05, 0.1) is 5.69 Å². The van der Waals surface area contributed by atoms with E-state index in [4.69, 9.17) is 16.2 Å². The van der Waals surface area contributed by atoms with Crippen molar-refractivity contribution in [1.29, 1.82) is 0 Å². The number of nitrogens with zero attached hydrogens (tertiary/aromatic N) is 1. The molecule has 0 unspecified atom stereocenters. The van der Waals surface area contributed by atoms with E-state index >= 15 is 0 Å². The Hall–Kier alpha value is -3.31. The standard InChI is InChI=1S/C26H31N3O2/c1-19-9-10-23(20(2)15-19)17-29(14-6-13-27)26(30)22-11-12-25(24(28)16-22)31-18-21-7-4-3-5-8-21/h3-5,7-12,15-16H,6,13-14,17-18,27-28H2,1-2H3. The number of benzene rings is 3. The molecule has 0 heterocycles. The van der Waals surface area contributed by atoms with Gasteiger partial charge in [-0.15, -0.1) is 0 Å². The smallest absolute Gasteiger partial charge is 0.254 e. The van der Waals surface area contributed by atoms with Gasteiger partial charge in [0.2, 0.25) is 0 Å². The molecular formula is C26H31N3O2. The molecule has 3 aromatic carbocycles. The summed E-state index contributed by atoms with van der Waals surface area (Å²) in [6, 6.07) is 21.4. The van der Waals surface area contributed by atoms with Crippen LogP contribution in [0.4, 0.5) is 5.69 Å². The van der Waals surface area contributed by atoms with Crippen molar-refractivity contribution in [3.63, 3.8) is 0 Å². The molecule has 0 aliphatic carbocycles. The van der Waals surface area contributed by atoms with Gasteiger partial charge in [-0.2, -0.15) is 0 Å². The molecule has 0 saturated carbocycles. The Morgan fingerprint density at radius 1 is 1.00 bits per heavy atom. The zero-order valence-corrected chi connectivity index (χ0v) is 18.3. The van der Waals surface area contributed by atoms with Crippen molar-refractivity contribution in [2.75, 3.05) is 18.8 Å². The fourth-order valence-corrected chi connectivity index (χ4v) is 3.49. The Balaban J connectivity index is 1.74. The van der Waals surface area contributed by atoms with Gasteiger partial charge in [0, 0.05) is 18.7 Å². The lowest BCUT2D eigenvalue weighted by Gasteiger charge is -2.24. The predicted molar refractivity (Wildman–Crippen MR) is 126 cm³/mol. The van der Waals surface area contributed by atoms with E-state index in [0.29, 0.717) is 43.2 Å². The Bertz CT molecular complexity index is 1020. The summed E-state index contributed by atoms with van der Waals surface area (Å²) in [5, 5.41) is 0. The molecule has 0 aromatic heterocycles. The molecule has 0 aliphatic heterocycles. The van der Waals surface area contributed by atoms with Crippen LogP contribution in [0, 0.1) is 13.8 Å². The van der Waals surface area contributed by atoms with Crippen LogP contribution in [-0.2, 0) is 13.2 Å². The van der Waals surface area contributed by atoms with Crippen LogP contribution in [-0.4, -0.2) is 23.9 Å². The number of nitrogens with two attached hydrogens (primary N) is 2. The Kier molecular flexibility index (Phi) is 7.68. The van der Waals surface area contributed by atoms with Gasteiger partial charge in [-0.05, 0) is 61.7 Å². The van der Waals surface area contributed by atoms with Crippen LogP contribution in [0.2, 0.25) is 0 Å². The molecule has 5 heteroatoms. The molecule has 4 N–H and O–H groups in total. The van der Waals surface area contributed by atoms with Crippen molar-refractivity contribution < 1.29 is 9.53 Å². The summed E-state index contributed by atoms with van der Waals surface area (Å²) in [4.78, 5) is 15.1. The fraction of sp³-hybridized carbons (Fsp3) is 0.269. The third-order valence-electron chi connectivity index (χ3n) is 5.27. The van der Waals surface area contributed by atoms with Crippen molar-refractivity contribution in [3.8, 4) is 5.75 Å². The maximum atomic E-state index is 13.3. The summed E-state index contributed by atoms with van der Waals surface area (Å²) in [6.45, 7) is 6.23. The number of carbonyl (C=O) groups is 1. The van der Waals surface area contributed by atoms with Gasteiger partial charge in [0.1, 0.15) is 12.4 Å². The van der Waals surface area contributed by atoms with Gasteiger partial charge in [0.25, 0.3) is 5.91 Å². The van der Waals surface area contributed by atoms with Gasteiger partial charge >= 0.3 is 0 Å². The zero-order chi connectivity index (χ0) is 22.2. The largest absolute Gasteiger partial charge is 0.487 e. The van der Waals surface area contributed by atoms with Crippen LogP contribution >= 0.6 is 0 Å². The second-order valence-corrected chi connectivity index (χ2v) is 7.83. The molecule has 0 fully saturated rings. The average Bonchev–Trinajstić information content (AvgIpc) is 2.77. The van der Waals surface area contributed by atoms with Crippen LogP contribution < -0.4 is 16.2 Å². The lowest BCUT2D eigenvalue weighted by Crippen LogP contribution is -2.32. The molecule has 162 valence electrons. The number of ether oxygens (including phenoxy) is 1. The number of hydrogen-bond acceptors (Lipinski definition) is 4. The number of aryl methyl sites for hydroxylation is 2. The average molecular weight is 418 g/mol. The van der Waals surface area contributed by atoms with Gasteiger partial charge in [-0.1, -0.05) is 54.1 Å². The van der Waals surface area contributed by atoms with Crippen LogP contribution in [0.1, 0.15) is 39.0 Å². The van der Waals surface area contributed by atoms with E-state index in [1.165, 1.54) is 11.1 Å². The van der Waals surface area contributed by atoms with E-state index < -0.39 is 0 Å². The molecule has 31 heavy (non-hydrogen) atoms. The number of amides is 1. The van der Waals surface area contributed by atoms with Gasteiger partial charge in [0.15, 0.2) is 0 Å². The van der Waals surface area contributed by atoms with Gasteiger partial charge in [-0.25, -0.2) is 0 Å². The normalized spacial score (nSPS) is 10.7. The third kappa shape index (κ3) is 6.09. The highest BCUT2D eigenvalue weighted by Crippen LogP contribution is 2.25. The molecule has 0 aliphatic rings. The highest BCUT2D eigenvalue weighted by Gasteiger charge is 2.18. The minimum absolute atomic E-state index is 0.0604. The molecule has 5 nitrogen and oxygen atoms in total. The van der Waals surface area contributed by atoms with Gasteiger partial charge < -0.3 is 21.1 Å². The molecule has 1 amide bonds. The summed E-state index contributed by atoms with van der Waals surface area (Å²) in [7, 11) is 0. The minimum atomic E-state index is -0.0604. The van der Waals surface area contributed by atoms with Crippen molar-refractivity contribution in [1.82, 2.24) is 4.90 Å². The Morgan fingerprint density at radius 3 is 2.45 bits per heavy atom. The molecular weight excluding hydrogens is 386 g/mol. The van der Waals surface area contributed by atoms with Gasteiger partial charge in [-0.3, -0.25) is 4.79 Å². The maximum absolute atomic E-state index is 13.3. The SMILES string of the molecule is Cc1ccc(CN(CCCN)C(=O)c2ccc(OCc3ccccc3)c(N)c2)c(C)c1. The third-order valence-corrected chi connectivity index (χ3v) is 5.27. The molecule has 0 spiro atoms. The number of rotatable bonds is 9. The quantitative estimate of drug-likeness (QED) is 0.504. The molecule has 0 bridgehead atoms. The first kappa shape index (κ1) is 22.4. The van der Waals surface area contributed by atoms with E-state index in [9.17, 15) is 4.79 Å². The van der Waals surface area contributed by atoms with Crippen molar-refractivity contribution >= 4 is 11.6 Å². The molecule has 3 aromatic rings. The summed E-state index contributed by atoms with van der Waals surface area (Å²) in [6.07, 6.45) is 0.740. The van der Waals surface area contributed by atoms with Crippen LogP contribution in [0.25, 0.3) is 0 Å². The molecule has 0 saturated heterocycles.